The lowest BCUT2D eigenvalue weighted by molar-refractivity contribution is -0.384. The molecule has 0 aliphatic carbocycles. The van der Waals surface area contributed by atoms with Crippen molar-refractivity contribution in [1.82, 2.24) is 0 Å². The largest absolute Gasteiger partial charge is 0.391 e. The Morgan fingerprint density at radius 1 is 0.929 bits per heavy atom. The average molecular weight is 396 g/mol. The van der Waals surface area contributed by atoms with Crippen molar-refractivity contribution >= 4 is 21.7 Å². The first-order valence-electron chi connectivity index (χ1n) is 8.26. The Morgan fingerprint density at radius 3 is 2.29 bits per heavy atom. The minimum absolute atomic E-state index is 0.0286. The molecule has 0 radical (unpaired) electrons. The second kappa shape index (κ2) is 8.45. The molecule has 0 saturated heterocycles. The van der Waals surface area contributed by atoms with Crippen molar-refractivity contribution in [2.24, 2.45) is 5.16 Å². The van der Waals surface area contributed by atoms with Gasteiger partial charge in [-0.25, -0.2) is 8.42 Å². The smallest absolute Gasteiger partial charge is 0.270 e. The number of hydrogen-bond acceptors (Lipinski definition) is 6. The van der Waals surface area contributed by atoms with Crippen LogP contribution in [0.4, 0.5) is 5.69 Å². The summed E-state index contributed by atoms with van der Waals surface area (Å²) < 4.78 is 25.1. The minimum atomic E-state index is -3.55. The van der Waals surface area contributed by atoms with Gasteiger partial charge in [0.25, 0.3) is 5.69 Å². The molecule has 0 aliphatic heterocycles. The van der Waals surface area contributed by atoms with E-state index in [0.29, 0.717) is 5.56 Å². The van der Waals surface area contributed by atoms with Crippen LogP contribution in [0.1, 0.15) is 11.1 Å². The van der Waals surface area contributed by atoms with Crippen molar-refractivity contribution in [1.29, 1.82) is 0 Å². The summed E-state index contributed by atoms with van der Waals surface area (Å²) in [5.74, 6) is 0. The Balaban J connectivity index is 1.62. The summed E-state index contributed by atoms with van der Waals surface area (Å²) in [6, 6.07) is 20.6. The van der Waals surface area contributed by atoms with E-state index in [-0.39, 0.29) is 22.1 Å². The molecule has 3 rings (SSSR count). The molecule has 0 spiro atoms. The average Bonchev–Trinajstić information content (AvgIpc) is 2.72. The van der Waals surface area contributed by atoms with Crippen LogP contribution in [-0.2, 0) is 21.3 Å². The first kappa shape index (κ1) is 19.2. The topological polar surface area (TPSA) is 98.9 Å². The summed E-state index contributed by atoms with van der Waals surface area (Å²) in [5, 5.41) is 14.5. The molecule has 0 aromatic heterocycles. The lowest BCUT2D eigenvalue weighted by Gasteiger charge is -2.05. The van der Waals surface area contributed by atoms with Gasteiger partial charge in [0.1, 0.15) is 6.61 Å². The number of non-ortho nitro benzene ring substituents is 1. The zero-order chi connectivity index (χ0) is 20.0. The van der Waals surface area contributed by atoms with E-state index in [1.54, 1.807) is 54.6 Å². The molecule has 0 amide bonds. The monoisotopic (exact) mass is 396 g/mol. The highest BCUT2D eigenvalue weighted by Gasteiger charge is 2.16. The molecule has 0 unspecified atom stereocenters. The van der Waals surface area contributed by atoms with Gasteiger partial charge in [-0.2, -0.15) is 0 Å². The van der Waals surface area contributed by atoms with Gasteiger partial charge >= 0.3 is 0 Å². The van der Waals surface area contributed by atoms with Crippen molar-refractivity contribution in [2.75, 3.05) is 0 Å². The highest BCUT2D eigenvalue weighted by atomic mass is 32.2. The summed E-state index contributed by atoms with van der Waals surface area (Å²) >= 11 is 0. The number of nitrogens with zero attached hydrogens (tertiary/aromatic N) is 2. The molecule has 0 heterocycles. The number of nitro groups is 1. The SMILES string of the molecule is O=[N+]([O-])c1cccc(C=NOCc2ccc(S(=O)(=O)c3ccccc3)cc2)c1. The van der Waals surface area contributed by atoms with Gasteiger partial charge < -0.3 is 4.84 Å². The van der Waals surface area contributed by atoms with Crippen molar-refractivity contribution in [2.45, 2.75) is 16.4 Å². The Hall–Kier alpha value is -3.52. The molecule has 0 aliphatic rings. The zero-order valence-corrected chi connectivity index (χ0v) is 15.5. The van der Waals surface area contributed by atoms with E-state index in [2.05, 4.69) is 5.16 Å². The van der Waals surface area contributed by atoms with Crippen LogP contribution in [0, 0.1) is 10.1 Å². The molecule has 0 bridgehead atoms. The van der Waals surface area contributed by atoms with Crippen molar-refractivity contribution in [3.05, 3.63) is 100 Å². The Morgan fingerprint density at radius 2 is 1.61 bits per heavy atom. The van der Waals surface area contributed by atoms with Crippen molar-refractivity contribution < 1.29 is 18.2 Å². The molecule has 0 atom stereocenters. The third-order valence-electron chi connectivity index (χ3n) is 3.88. The highest BCUT2D eigenvalue weighted by molar-refractivity contribution is 7.91. The van der Waals surface area contributed by atoms with Gasteiger partial charge in [-0.05, 0) is 29.8 Å². The first-order valence-corrected chi connectivity index (χ1v) is 9.74. The molecular weight excluding hydrogens is 380 g/mol. The fourth-order valence-corrected chi connectivity index (χ4v) is 3.71. The van der Waals surface area contributed by atoms with Gasteiger partial charge in [0.2, 0.25) is 9.84 Å². The number of hydrogen-bond donors (Lipinski definition) is 0. The number of benzene rings is 3. The van der Waals surface area contributed by atoms with Crippen LogP contribution in [0.25, 0.3) is 0 Å². The first-order chi connectivity index (χ1) is 13.5. The van der Waals surface area contributed by atoms with E-state index in [1.807, 2.05) is 0 Å². The quantitative estimate of drug-likeness (QED) is 0.342. The summed E-state index contributed by atoms with van der Waals surface area (Å²) in [6.07, 6.45) is 1.38. The van der Waals surface area contributed by atoms with Gasteiger partial charge in [-0.15, -0.1) is 0 Å². The maximum absolute atomic E-state index is 12.5. The summed E-state index contributed by atoms with van der Waals surface area (Å²) in [4.78, 5) is 15.9. The molecule has 3 aromatic rings. The van der Waals surface area contributed by atoms with Crippen LogP contribution in [0.2, 0.25) is 0 Å². The molecule has 3 aromatic carbocycles. The van der Waals surface area contributed by atoms with E-state index in [0.717, 1.165) is 5.56 Å². The van der Waals surface area contributed by atoms with E-state index in [9.17, 15) is 18.5 Å². The Labute approximate surface area is 162 Å². The standard InChI is InChI=1S/C20H16N2O5S/c23-22(24)18-6-4-5-17(13-18)14-21-27-15-16-9-11-20(12-10-16)28(25,26)19-7-2-1-3-8-19/h1-14H,15H2. The Bertz CT molecular complexity index is 1090. The maximum atomic E-state index is 12.5. The molecule has 28 heavy (non-hydrogen) atoms. The second-order valence-corrected chi connectivity index (χ2v) is 7.77. The summed E-state index contributed by atoms with van der Waals surface area (Å²) in [7, 11) is -3.55. The van der Waals surface area contributed by atoms with Crippen LogP contribution in [-0.4, -0.2) is 19.6 Å². The van der Waals surface area contributed by atoms with Gasteiger partial charge in [0, 0.05) is 17.7 Å². The lowest BCUT2D eigenvalue weighted by Crippen LogP contribution is -2.01. The molecule has 7 nitrogen and oxygen atoms in total. The second-order valence-electron chi connectivity index (χ2n) is 5.82. The van der Waals surface area contributed by atoms with E-state index < -0.39 is 14.8 Å². The number of sulfone groups is 1. The van der Waals surface area contributed by atoms with Crippen LogP contribution in [0.3, 0.4) is 0 Å². The molecule has 0 N–H and O–H groups in total. The Kier molecular flexibility index (Phi) is 5.81. The zero-order valence-electron chi connectivity index (χ0n) is 14.6. The van der Waals surface area contributed by atoms with E-state index >= 15 is 0 Å². The molecule has 0 saturated carbocycles. The number of rotatable bonds is 7. The summed E-state index contributed by atoms with van der Waals surface area (Å²) in [6.45, 7) is 0.136. The van der Waals surface area contributed by atoms with Crippen LogP contribution in [0.5, 0.6) is 0 Å². The van der Waals surface area contributed by atoms with Crippen LogP contribution >= 0.6 is 0 Å². The van der Waals surface area contributed by atoms with E-state index in [4.69, 9.17) is 4.84 Å². The van der Waals surface area contributed by atoms with Crippen molar-refractivity contribution in [3.8, 4) is 0 Å². The van der Waals surface area contributed by atoms with Gasteiger partial charge in [-0.3, -0.25) is 10.1 Å². The van der Waals surface area contributed by atoms with Crippen LogP contribution < -0.4 is 0 Å². The molecule has 8 heteroatoms. The fraction of sp³-hybridized carbons (Fsp3) is 0.0500. The molecular formula is C20H16N2O5S. The lowest BCUT2D eigenvalue weighted by atomic mass is 10.2. The van der Waals surface area contributed by atoms with Crippen molar-refractivity contribution in [3.63, 3.8) is 0 Å². The third kappa shape index (κ3) is 4.60. The molecule has 142 valence electrons. The van der Waals surface area contributed by atoms with E-state index in [1.165, 1.54) is 30.5 Å². The predicted octanol–water partition coefficient (Wildman–Crippen LogP) is 3.98. The fourth-order valence-electron chi connectivity index (χ4n) is 2.43. The number of nitro benzene ring substituents is 1. The van der Waals surface area contributed by atoms with Crippen LogP contribution in [0.15, 0.2) is 93.8 Å². The third-order valence-corrected chi connectivity index (χ3v) is 5.66. The minimum Gasteiger partial charge on any atom is -0.391 e. The van der Waals surface area contributed by atoms with Gasteiger partial charge in [0.15, 0.2) is 0 Å². The molecule has 0 fully saturated rings. The van der Waals surface area contributed by atoms with Gasteiger partial charge in [-0.1, -0.05) is 47.6 Å². The highest BCUT2D eigenvalue weighted by Crippen LogP contribution is 2.21. The van der Waals surface area contributed by atoms with Gasteiger partial charge in [0.05, 0.1) is 20.9 Å². The predicted molar refractivity (Wildman–Crippen MR) is 104 cm³/mol. The number of oxime groups is 1. The normalized spacial score (nSPS) is 11.4. The maximum Gasteiger partial charge on any atom is 0.270 e. The summed E-state index contributed by atoms with van der Waals surface area (Å²) in [5.41, 5.74) is 1.25.